The number of aliphatic carboxylic acids is 1. The summed E-state index contributed by atoms with van der Waals surface area (Å²) >= 11 is 0. The van der Waals surface area contributed by atoms with Gasteiger partial charge in [0, 0.05) is 0 Å². The maximum Gasteiger partial charge on any atom is 0.310 e. The van der Waals surface area contributed by atoms with Crippen molar-refractivity contribution in [3.05, 3.63) is 24.3 Å². The van der Waals surface area contributed by atoms with Crippen molar-refractivity contribution in [2.24, 2.45) is 5.41 Å². The zero-order chi connectivity index (χ0) is 15.5. The Balaban J connectivity index is 1.95. The van der Waals surface area contributed by atoms with Crippen LogP contribution in [0.1, 0.15) is 12.8 Å². The molecule has 1 fully saturated rings. The van der Waals surface area contributed by atoms with Crippen molar-refractivity contribution in [2.45, 2.75) is 12.8 Å². The molecule has 1 saturated heterocycles. The molecule has 1 heterocycles. The van der Waals surface area contributed by atoms with Gasteiger partial charge in [-0.05, 0) is 37.1 Å². The lowest BCUT2D eigenvalue weighted by molar-refractivity contribution is -0.148. The third kappa shape index (κ3) is 3.66. The Morgan fingerprint density at radius 3 is 2.38 bits per heavy atom. The molecule has 7 heteroatoms. The monoisotopic (exact) mass is 314 g/mol. The number of methoxy groups -OCH3 is 1. The maximum atomic E-state index is 11.5. The summed E-state index contributed by atoms with van der Waals surface area (Å²) in [6, 6.07) is 6.92. The van der Waals surface area contributed by atoms with Crippen molar-refractivity contribution in [3.8, 4) is 11.5 Å². The molecule has 116 valence electrons. The van der Waals surface area contributed by atoms with Gasteiger partial charge in [-0.15, -0.1) is 0 Å². The average Bonchev–Trinajstić information content (AvgIpc) is 2.76. The Labute approximate surface area is 123 Å². The lowest BCUT2D eigenvalue weighted by atomic mass is 9.84. The molecule has 1 atom stereocenters. The van der Waals surface area contributed by atoms with E-state index in [9.17, 15) is 18.3 Å². The summed E-state index contributed by atoms with van der Waals surface area (Å²) in [5.41, 5.74) is -1.22. The zero-order valence-corrected chi connectivity index (χ0v) is 12.6. The van der Waals surface area contributed by atoms with Crippen LogP contribution in [-0.4, -0.2) is 44.7 Å². The quantitative estimate of drug-likeness (QED) is 0.852. The van der Waals surface area contributed by atoms with E-state index in [1.165, 1.54) is 0 Å². The molecule has 0 radical (unpaired) electrons. The molecule has 0 aromatic heterocycles. The van der Waals surface area contributed by atoms with E-state index in [0.29, 0.717) is 11.5 Å². The molecule has 0 spiro atoms. The van der Waals surface area contributed by atoms with Crippen LogP contribution in [0.4, 0.5) is 0 Å². The summed E-state index contributed by atoms with van der Waals surface area (Å²) < 4.78 is 33.6. The van der Waals surface area contributed by atoms with Crippen molar-refractivity contribution >= 4 is 15.8 Å². The van der Waals surface area contributed by atoms with Gasteiger partial charge in [0.2, 0.25) is 0 Å². The lowest BCUT2D eigenvalue weighted by Gasteiger charge is -2.22. The Kier molecular flexibility index (Phi) is 4.41. The number of rotatable bonds is 6. The third-order valence-corrected chi connectivity index (χ3v) is 5.57. The number of carboxylic acids is 1. The predicted octanol–water partition coefficient (Wildman–Crippen LogP) is 1.35. The van der Waals surface area contributed by atoms with Crippen LogP contribution in [-0.2, 0) is 14.6 Å². The molecule has 1 unspecified atom stereocenters. The van der Waals surface area contributed by atoms with Gasteiger partial charge in [-0.1, -0.05) is 0 Å². The summed E-state index contributed by atoms with van der Waals surface area (Å²) in [4.78, 5) is 11.4. The summed E-state index contributed by atoms with van der Waals surface area (Å²) in [5, 5.41) is 9.32. The number of hydrogen-bond acceptors (Lipinski definition) is 5. The van der Waals surface area contributed by atoms with E-state index in [2.05, 4.69) is 0 Å². The molecule has 1 aromatic carbocycles. The minimum Gasteiger partial charge on any atom is -0.497 e. The van der Waals surface area contributed by atoms with E-state index in [1.807, 2.05) is 0 Å². The van der Waals surface area contributed by atoms with Gasteiger partial charge in [-0.25, -0.2) is 8.42 Å². The van der Waals surface area contributed by atoms with Gasteiger partial charge in [0.25, 0.3) is 0 Å². The summed E-state index contributed by atoms with van der Waals surface area (Å²) in [6.07, 6.45) is 0.324. The van der Waals surface area contributed by atoms with Crippen molar-refractivity contribution in [2.75, 3.05) is 25.2 Å². The molecule has 0 amide bonds. The number of sulfone groups is 1. The Hall–Kier alpha value is -1.76. The van der Waals surface area contributed by atoms with E-state index in [-0.39, 0.29) is 31.0 Å². The average molecular weight is 314 g/mol. The second-order valence-electron chi connectivity index (χ2n) is 5.20. The van der Waals surface area contributed by atoms with Gasteiger partial charge in [0.15, 0.2) is 9.84 Å². The smallest absolute Gasteiger partial charge is 0.310 e. The first kappa shape index (κ1) is 15.6. The van der Waals surface area contributed by atoms with Crippen molar-refractivity contribution in [1.29, 1.82) is 0 Å². The first-order chi connectivity index (χ1) is 9.87. The molecular formula is C14H18O6S. The van der Waals surface area contributed by atoms with Crippen LogP contribution in [0.2, 0.25) is 0 Å². The molecule has 0 saturated carbocycles. The van der Waals surface area contributed by atoms with Gasteiger partial charge in [0.1, 0.15) is 11.5 Å². The van der Waals surface area contributed by atoms with E-state index >= 15 is 0 Å². The van der Waals surface area contributed by atoms with E-state index in [1.54, 1.807) is 31.4 Å². The van der Waals surface area contributed by atoms with Crippen molar-refractivity contribution in [1.82, 2.24) is 0 Å². The molecule has 1 N–H and O–H groups in total. The second-order valence-corrected chi connectivity index (χ2v) is 7.39. The van der Waals surface area contributed by atoms with Crippen molar-refractivity contribution < 1.29 is 27.8 Å². The first-order valence-corrected chi connectivity index (χ1v) is 8.40. The van der Waals surface area contributed by atoms with E-state index in [4.69, 9.17) is 9.47 Å². The fraction of sp³-hybridized carbons (Fsp3) is 0.500. The SMILES string of the molecule is COc1ccc(OCCC2(C(=O)O)CCS(=O)(=O)C2)cc1. The van der Waals surface area contributed by atoms with Gasteiger partial charge < -0.3 is 14.6 Å². The molecule has 1 aromatic rings. The molecule has 6 nitrogen and oxygen atoms in total. The predicted molar refractivity (Wildman–Crippen MR) is 76.4 cm³/mol. The van der Waals surface area contributed by atoms with Gasteiger partial charge >= 0.3 is 5.97 Å². The minimum atomic E-state index is -3.26. The maximum absolute atomic E-state index is 11.5. The Morgan fingerprint density at radius 1 is 1.29 bits per heavy atom. The highest BCUT2D eigenvalue weighted by Crippen LogP contribution is 2.36. The standard InChI is InChI=1S/C14H18O6S/c1-19-11-2-4-12(5-3-11)20-8-6-14(13(15)16)7-9-21(17,18)10-14/h2-5H,6-10H2,1H3,(H,15,16). The molecule has 1 aliphatic heterocycles. The van der Waals surface area contributed by atoms with Gasteiger partial charge in [0.05, 0.1) is 30.6 Å². The van der Waals surface area contributed by atoms with Crippen LogP contribution in [0.15, 0.2) is 24.3 Å². The Morgan fingerprint density at radius 2 is 1.90 bits per heavy atom. The van der Waals surface area contributed by atoms with E-state index in [0.717, 1.165) is 0 Å². The van der Waals surface area contributed by atoms with Crippen LogP contribution in [0, 0.1) is 5.41 Å². The highest BCUT2D eigenvalue weighted by molar-refractivity contribution is 7.91. The third-order valence-electron chi connectivity index (χ3n) is 3.75. The molecule has 1 aliphatic rings. The second kappa shape index (κ2) is 5.93. The topological polar surface area (TPSA) is 89.9 Å². The molecule has 0 aliphatic carbocycles. The number of hydrogen-bond donors (Lipinski definition) is 1. The van der Waals surface area contributed by atoms with Crippen LogP contribution in [0.5, 0.6) is 11.5 Å². The lowest BCUT2D eigenvalue weighted by Crippen LogP contribution is -2.34. The fourth-order valence-corrected chi connectivity index (χ4v) is 4.53. The summed E-state index contributed by atoms with van der Waals surface area (Å²) in [6.45, 7) is 0.161. The van der Waals surface area contributed by atoms with Gasteiger partial charge in [-0.2, -0.15) is 0 Å². The molecule has 2 rings (SSSR count). The largest absolute Gasteiger partial charge is 0.497 e. The molecular weight excluding hydrogens is 296 g/mol. The van der Waals surface area contributed by atoms with Crippen LogP contribution < -0.4 is 9.47 Å². The molecule has 0 bridgehead atoms. The highest BCUT2D eigenvalue weighted by Gasteiger charge is 2.48. The zero-order valence-electron chi connectivity index (χ0n) is 11.7. The normalized spacial score (nSPS) is 23.7. The number of ether oxygens (including phenoxy) is 2. The highest BCUT2D eigenvalue weighted by atomic mass is 32.2. The molecule has 21 heavy (non-hydrogen) atoms. The Bertz CT molecular complexity index is 607. The van der Waals surface area contributed by atoms with E-state index < -0.39 is 21.2 Å². The minimum absolute atomic E-state index is 0.0676. The van der Waals surface area contributed by atoms with Crippen LogP contribution >= 0.6 is 0 Å². The first-order valence-electron chi connectivity index (χ1n) is 6.58. The number of carboxylic acid groups (broad SMARTS) is 1. The number of benzene rings is 1. The summed E-state index contributed by atoms with van der Waals surface area (Å²) in [5.74, 6) is -0.145. The van der Waals surface area contributed by atoms with Crippen molar-refractivity contribution in [3.63, 3.8) is 0 Å². The number of carbonyl (C=O) groups is 1. The van der Waals surface area contributed by atoms with Crippen LogP contribution in [0.25, 0.3) is 0 Å². The fourth-order valence-electron chi connectivity index (χ4n) is 2.43. The van der Waals surface area contributed by atoms with Gasteiger partial charge in [-0.3, -0.25) is 4.79 Å². The van der Waals surface area contributed by atoms with Crippen LogP contribution in [0.3, 0.4) is 0 Å². The summed E-state index contributed by atoms with van der Waals surface area (Å²) in [7, 11) is -1.69.